The number of aromatic amines is 1. The summed E-state index contributed by atoms with van der Waals surface area (Å²) in [6.45, 7) is 1.78. The Hall–Kier alpha value is -3.50. The molecule has 0 fully saturated rings. The number of anilines is 1. The molecule has 4 rings (SSSR count). The Bertz CT molecular complexity index is 1240. The molecule has 0 aliphatic heterocycles. The topological polar surface area (TPSA) is 105 Å². The molecule has 11 heteroatoms. The van der Waals surface area contributed by atoms with Crippen LogP contribution in [0.15, 0.2) is 55.0 Å². The Labute approximate surface area is 185 Å². The van der Waals surface area contributed by atoms with Crippen LogP contribution >= 0.6 is 11.6 Å². The van der Waals surface area contributed by atoms with E-state index in [4.69, 9.17) is 11.6 Å². The second-order valence-corrected chi connectivity index (χ2v) is 7.51. The second-order valence-electron chi connectivity index (χ2n) is 7.07. The largest absolute Gasteiger partial charge is 0.487 e. The van der Waals surface area contributed by atoms with Crippen LogP contribution in [0.25, 0.3) is 22.3 Å². The molecule has 0 unspecified atom stereocenters. The van der Waals surface area contributed by atoms with Gasteiger partial charge in [-0.25, -0.2) is 4.98 Å². The predicted molar refractivity (Wildman–Crippen MR) is 115 cm³/mol. The van der Waals surface area contributed by atoms with Crippen LogP contribution in [0.5, 0.6) is 5.75 Å². The van der Waals surface area contributed by atoms with E-state index >= 15 is 0 Å². The minimum atomic E-state index is -3.82. The maximum absolute atomic E-state index is 12.9. The number of aromatic nitrogens is 4. The molecule has 0 saturated carbocycles. The molecule has 2 heterocycles. The van der Waals surface area contributed by atoms with Crippen molar-refractivity contribution in [2.75, 3.05) is 11.9 Å². The summed E-state index contributed by atoms with van der Waals surface area (Å²) >= 11 is 4.75. The van der Waals surface area contributed by atoms with E-state index in [9.17, 15) is 18.7 Å². The van der Waals surface area contributed by atoms with Gasteiger partial charge in [-0.3, -0.25) is 9.89 Å². The van der Waals surface area contributed by atoms with Crippen molar-refractivity contribution in [2.24, 2.45) is 0 Å². The number of rotatable bonds is 7. The average Bonchev–Trinajstić information content (AvgIpc) is 3.43. The molecule has 0 radical (unpaired) electrons. The fourth-order valence-corrected chi connectivity index (χ4v) is 3.37. The number of H-pyrrole nitrogens is 1. The van der Waals surface area contributed by atoms with Crippen molar-refractivity contribution in [2.45, 2.75) is 18.5 Å². The first-order chi connectivity index (χ1) is 15.2. The minimum Gasteiger partial charge on any atom is -0.420 e. The number of alkyl halides is 3. The number of aliphatic hydroxyl groups excluding tert-OH is 1. The fraction of sp³-hybridized carbons (Fsp3) is 0.190. The van der Waals surface area contributed by atoms with Crippen LogP contribution in [-0.4, -0.2) is 42.9 Å². The molecule has 1 amide bonds. The van der Waals surface area contributed by atoms with Crippen molar-refractivity contribution >= 4 is 34.2 Å². The van der Waals surface area contributed by atoms with Gasteiger partial charge in [0.05, 0.1) is 35.7 Å². The summed E-state index contributed by atoms with van der Waals surface area (Å²) in [5.74, 6) is -0.566. The number of ether oxygens (including phenoxy) is 1. The van der Waals surface area contributed by atoms with Gasteiger partial charge in [-0.15, -0.1) is 8.78 Å². The average molecular weight is 462 g/mol. The Morgan fingerprint density at radius 3 is 2.69 bits per heavy atom. The van der Waals surface area contributed by atoms with E-state index in [1.807, 2.05) is 11.5 Å². The number of imidazole rings is 1. The minimum absolute atomic E-state index is 0.0779. The Morgan fingerprint density at radius 2 is 2.06 bits per heavy atom. The number of amides is 1. The number of fused-ring (bicyclic) bond motifs is 1. The van der Waals surface area contributed by atoms with Crippen LogP contribution in [0, 0.1) is 0 Å². The molecule has 4 aromatic rings. The first-order valence-electron chi connectivity index (χ1n) is 9.53. The third kappa shape index (κ3) is 4.56. The van der Waals surface area contributed by atoms with Gasteiger partial charge in [-0.2, -0.15) is 5.10 Å². The molecule has 166 valence electrons. The van der Waals surface area contributed by atoms with Crippen LogP contribution in [0.4, 0.5) is 14.5 Å². The number of benzene rings is 2. The summed E-state index contributed by atoms with van der Waals surface area (Å²) in [4.78, 5) is 17.3. The molecule has 8 nitrogen and oxygen atoms in total. The van der Waals surface area contributed by atoms with E-state index in [-0.39, 0.29) is 18.4 Å². The Kier molecular flexibility index (Phi) is 5.81. The first-order valence-corrected chi connectivity index (χ1v) is 9.91. The molecule has 0 bridgehead atoms. The van der Waals surface area contributed by atoms with Gasteiger partial charge in [0.1, 0.15) is 5.75 Å². The number of hydrogen-bond acceptors (Lipinski definition) is 5. The van der Waals surface area contributed by atoms with Crippen molar-refractivity contribution in [3.05, 3.63) is 60.6 Å². The van der Waals surface area contributed by atoms with Gasteiger partial charge in [0.25, 0.3) is 5.91 Å². The second kappa shape index (κ2) is 8.56. The molecule has 3 N–H and O–H groups in total. The van der Waals surface area contributed by atoms with Crippen LogP contribution < -0.4 is 10.1 Å². The monoisotopic (exact) mass is 461 g/mol. The quantitative estimate of drug-likeness (QED) is 0.354. The van der Waals surface area contributed by atoms with Crippen LogP contribution in [0.1, 0.15) is 23.3 Å². The third-order valence-corrected chi connectivity index (χ3v) is 4.88. The normalized spacial score (nSPS) is 12.7. The molecule has 0 aliphatic rings. The zero-order chi connectivity index (χ0) is 22.9. The summed E-state index contributed by atoms with van der Waals surface area (Å²) in [7, 11) is 0. The lowest BCUT2D eigenvalue weighted by Crippen LogP contribution is -2.16. The predicted octanol–water partition coefficient (Wildman–Crippen LogP) is 4.40. The summed E-state index contributed by atoms with van der Waals surface area (Å²) in [5, 5.41) is 19.2. The first kappa shape index (κ1) is 21.7. The highest BCUT2D eigenvalue weighted by Gasteiger charge is 2.27. The smallest absolute Gasteiger partial charge is 0.420 e. The van der Waals surface area contributed by atoms with E-state index < -0.39 is 11.5 Å². The van der Waals surface area contributed by atoms with Gasteiger partial charge in [0.15, 0.2) is 0 Å². The molecule has 2 aromatic heterocycles. The van der Waals surface area contributed by atoms with Crippen molar-refractivity contribution in [1.29, 1.82) is 0 Å². The molecule has 0 spiro atoms. The number of nitrogens with zero attached hydrogens (tertiary/aromatic N) is 3. The van der Waals surface area contributed by atoms with E-state index in [2.05, 4.69) is 25.2 Å². The van der Waals surface area contributed by atoms with Crippen molar-refractivity contribution < 1.29 is 23.4 Å². The van der Waals surface area contributed by atoms with Crippen LogP contribution in [-0.2, 0) is 0 Å². The zero-order valence-corrected chi connectivity index (χ0v) is 17.5. The number of carbonyl (C=O) groups excluding carboxylic acids is 1. The highest BCUT2D eigenvalue weighted by Crippen LogP contribution is 2.31. The number of aliphatic hydroxyl groups is 1. The molecular weight excluding hydrogens is 444 g/mol. The maximum atomic E-state index is 12.9. The molecule has 32 heavy (non-hydrogen) atoms. The zero-order valence-electron chi connectivity index (χ0n) is 16.7. The summed E-state index contributed by atoms with van der Waals surface area (Å²) < 4.78 is 31.6. The van der Waals surface area contributed by atoms with Gasteiger partial charge in [0, 0.05) is 34.6 Å². The van der Waals surface area contributed by atoms with Gasteiger partial charge in [-0.05, 0) is 49.4 Å². The number of nitrogens with one attached hydrogen (secondary N) is 2. The molecule has 2 aromatic carbocycles. The lowest BCUT2D eigenvalue weighted by molar-refractivity contribution is -0.0964. The lowest BCUT2D eigenvalue weighted by Gasteiger charge is -2.14. The third-order valence-electron chi connectivity index (χ3n) is 4.81. The number of hydrogen-bond donors (Lipinski definition) is 3. The summed E-state index contributed by atoms with van der Waals surface area (Å²) in [6, 6.07) is 10.2. The molecular formula is C21H18ClF2N5O3. The van der Waals surface area contributed by atoms with Crippen molar-refractivity contribution in [3.63, 3.8) is 0 Å². The van der Waals surface area contributed by atoms with E-state index in [0.717, 1.165) is 5.52 Å². The Balaban J connectivity index is 1.66. The molecule has 1 atom stereocenters. The van der Waals surface area contributed by atoms with Gasteiger partial charge < -0.3 is 19.7 Å². The van der Waals surface area contributed by atoms with E-state index in [0.29, 0.717) is 28.0 Å². The standard InChI is InChI=1S/C21H18ClF2N5O3/c1-12(10-30)29-11-25-18-9-13(8-16(19(18)29)17-6-7-26-28-17)20(31)27-14-2-4-15(5-3-14)32-21(22,23)24/h2-9,11-12,30H,10H2,1H3,(H,26,28)(H,27,31)/t12-/m0/s1. The highest BCUT2D eigenvalue weighted by atomic mass is 35.5. The molecule has 0 saturated heterocycles. The maximum Gasteiger partial charge on any atom is 0.487 e. The van der Waals surface area contributed by atoms with Crippen molar-refractivity contribution in [3.8, 4) is 17.0 Å². The van der Waals surface area contributed by atoms with E-state index in [1.165, 1.54) is 24.3 Å². The fourth-order valence-electron chi connectivity index (χ4n) is 3.28. The summed E-state index contributed by atoms with van der Waals surface area (Å²) in [6.07, 6.45) is 3.20. The number of carbonyl (C=O) groups is 1. The van der Waals surface area contributed by atoms with Gasteiger partial charge >= 0.3 is 5.57 Å². The van der Waals surface area contributed by atoms with Gasteiger partial charge in [0.2, 0.25) is 0 Å². The molecule has 0 aliphatic carbocycles. The van der Waals surface area contributed by atoms with Crippen LogP contribution in [0.3, 0.4) is 0 Å². The SMILES string of the molecule is C[C@@H](CO)n1cnc2cc(C(=O)Nc3ccc(OC(F)(F)Cl)cc3)cc(-c3ccn[nH]3)c21. The Morgan fingerprint density at radius 1 is 1.31 bits per heavy atom. The van der Waals surface area contributed by atoms with Crippen molar-refractivity contribution in [1.82, 2.24) is 19.7 Å². The van der Waals surface area contributed by atoms with Crippen LogP contribution in [0.2, 0.25) is 0 Å². The van der Waals surface area contributed by atoms with Gasteiger partial charge in [-0.1, -0.05) is 0 Å². The number of halogens is 3. The summed E-state index contributed by atoms with van der Waals surface area (Å²) in [5.41, 5.74) is -0.428. The lowest BCUT2D eigenvalue weighted by atomic mass is 10.0. The highest BCUT2D eigenvalue weighted by molar-refractivity contribution is 6.20. The van der Waals surface area contributed by atoms with E-state index in [1.54, 1.807) is 30.7 Å².